The molecule has 2 aromatic carbocycles. The molecule has 0 atom stereocenters. The van der Waals surface area contributed by atoms with Gasteiger partial charge in [0.25, 0.3) is 0 Å². The molecule has 0 N–H and O–H groups in total. The van der Waals surface area contributed by atoms with E-state index in [1.54, 1.807) is 14.2 Å². The van der Waals surface area contributed by atoms with Gasteiger partial charge < -0.3 is 18.9 Å². The predicted molar refractivity (Wildman–Crippen MR) is 125 cm³/mol. The molecule has 0 spiro atoms. The van der Waals surface area contributed by atoms with Crippen LogP contribution in [-0.2, 0) is 16.0 Å². The summed E-state index contributed by atoms with van der Waals surface area (Å²) >= 11 is 0. The largest absolute Gasteiger partial charge is 0.493 e. The van der Waals surface area contributed by atoms with Crippen LogP contribution in [0.25, 0.3) is 11.1 Å². The lowest BCUT2D eigenvalue weighted by atomic mass is 9.69. The Morgan fingerprint density at radius 2 is 1.76 bits per heavy atom. The van der Waals surface area contributed by atoms with Crippen LogP contribution in [-0.4, -0.2) is 39.2 Å². The van der Waals surface area contributed by atoms with Crippen LogP contribution in [0.5, 0.6) is 17.2 Å². The van der Waals surface area contributed by atoms with Crippen molar-refractivity contribution in [3.05, 3.63) is 41.5 Å². The van der Waals surface area contributed by atoms with Crippen LogP contribution in [0.4, 0.5) is 0 Å². The fourth-order valence-corrected chi connectivity index (χ4v) is 4.68. The number of carbonyl (C=O) groups excluding carboxylic acids is 2. The summed E-state index contributed by atoms with van der Waals surface area (Å²) in [5, 5.41) is 0. The number of methoxy groups -OCH3 is 2. The zero-order valence-corrected chi connectivity index (χ0v) is 19.7. The van der Waals surface area contributed by atoms with E-state index in [4.69, 9.17) is 18.9 Å². The molecule has 0 aliphatic heterocycles. The minimum absolute atomic E-state index is 0.165. The Morgan fingerprint density at radius 3 is 2.42 bits per heavy atom. The molecule has 1 fully saturated rings. The fraction of sp³-hybridized carbons (Fsp3) is 0.481. The third-order valence-electron chi connectivity index (χ3n) is 6.84. The molecule has 33 heavy (non-hydrogen) atoms. The van der Waals surface area contributed by atoms with E-state index in [0.717, 1.165) is 54.4 Å². The average molecular weight is 453 g/mol. The number of ketones is 1. The molecule has 0 aromatic heterocycles. The normalized spacial score (nSPS) is 16.0. The van der Waals surface area contributed by atoms with E-state index >= 15 is 0 Å². The quantitative estimate of drug-likeness (QED) is 0.355. The van der Waals surface area contributed by atoms with Crippen LogP contribution < -0.4 is 14.2 Å². The van der Waals surface area contributed by atoms with Crippen molar-refractivity contribution >= 4 is 11.8 Å². The van der Waals surface area contributed by atoms with Gasteiger partial charge in [0.05, 0.1) is 20.8 Å². The zero-order valence-electron chi connectivity index (χ0n) is 19.7. The summed E-state index contributed by atoms with van der Waals surface area (Å²) in [5.74, 6) is 1.53. The number of benzene rings is 2. The van der Waals surface area contributed by atoms with Gasteiger partial charge in [-0.05, 0) is 48.9 Å². The topological polar surface area (TPSA) is 71.1 Å². The van der Waals surface area contributed by atoms with Gasteiger partial charge in [0.2, 0.25) is 5.75 Å². The number of hydrogen-bond acceptors (Lipinski definition) is 6. The first kappa shape index (κ1) is 23.1. The molecule has 0 heterocycles. The molecular formula is C27H32O6. The molecule has 0 saturated heterocycles. The highest BCUT2D eigenvalue weighted by Crippen LogP contribution is 2.49. The third kappa shape index (κ3) is 4.31. The maximum atomic E-state index is 12.9. The van der Waals surface area contributed by atoms with Crippen molar-refractivity contribution in [2.75, 3.05) is 27.4 Å². The van der Waals surface area contributed by atoms with Crippen molar-refractivity contribution in [2.45, 2.75) is 51.9 Å². The number of fused-ring (bicyclic) bond motifs is 1. The van der Waals surface area contributed by atoms with Crippen LogP contribution in [0, 0.1) is 5.41 Å². The summed E-state index contributed by atoms with van der Waals surface area (Å²) in [6.07, 6.45) is 5.51. The molecule has 0 amide bonds. The summed E-state index contributed by atoms with van der Waals surface area (Å²) < 4.78 is 23.1. The van der Waals surface area contributed by atoms with E-state index in [9.17, 15) is 9.59 Å². The second kappa shape index (κ2) is 9.86. The fourth-order valence-electron chi connectivity index (χ4n) is 4.68. The summed E-state index contributed by atoms with van der Waals surface area (Å²) in [5.41, 5.74) is 2.93. The van der Waals surface area contributed by atoms with E-state index in [1.165, 1.54) is 0 Å². The van der Waals surface area contributed by atoms with E-state index < -0.39 is 5.41 Å². The Kier molecular flexibility index (Phi) is 6.91. The number of hydrogen-bond donors (Lipinski definition) is 0. The Balaban J connectivity index is 1.69. The van der Waals surface area contributed by atoms with E-state index in [2.05, 4.69) is 6.92 Å². The van der Waals surface area contributed by atoms with Gasteiger partial charge in [-0.3, -0.25) is 9.59 Å². The van der Waals surface area contributed by atoms with E-state index in [1.807, 2.05) is 30.3 Å². The van der Waals surface area contributed by atoms with Crippen molar-refractivity contribution in [2.24, 2.45) is 5.41 Å². The summed E-state index contributed by atoms with van der Waals surface area (Å²) in [7, 11) is 3.16. The van der Waals surface area contributed by atoms with E-state index in [-0.39, 0.29) is 18.4 Å². The third-order valence-corrected chi connectivity index (χ3v) is 6.84. The van der Waals surface area contributed by atoms with Gasteiger partial charge in [-0.25, -0.2) is 0 Å². The first-order valence-electron chi connectivity index (χ1n) is 11.7. The lowest BCUT2D eigenvalue weighted by molar-refractivity contribution is -0.164. The Hall–Kier alpha value is -3.02. The maximum absolute atomic E-state index is 12.9. The van der Waals surface area contributed by atoms with Gasteiger partial charge in [-0.1, -0.05) is 38.0 Å². The van der Waals surface area contributed by atoms with Crippen molar-refractivity contribution < 1.29 is 28.5 Å². The van der Waals surface area contributed by atoms with Crippen molar-refractivity contribution in [3.8, 4) is 28.4 Å². The molecule has 6 heteroatoms. The number of esters is 1. The van der Waals surface area contributed by atoms with Gasteiger partial charge in [0.15, 0.2) is 17.3 Å². The molecule has 0 radical (unpaired) electrons. The number of ether oxygens (including phenoxy) is 4. The van der Waals surface area contributed by atoms with Gasteiger partial charge in [0, 0.05) is 17.5 Å². The van der Waals surface area contributed by atoms with Crippen molar-refractivity contribution in [1.29, 1.82) is 0 Å². The minimum Gasteiger partial charge on any atom is -0.493 e. The number of Topliss-reactive ketones (excluding diaryl/α,β-unsaturated/α-hetero) is 1. The highest BCUT2D eigenvalue weighted by Gasteiger charge is 2.47. The van der Waals surface area contributed by atoms with Crippen LogP contribution in [0.1, 0.15) is 61.4 Å². The molecule has 0 bridgehead atoms. The summed E-state index contributed by atoms with van der Waals surface area (Å²) in [6.45, 7) is 2.72. The monoisotopic (exact) mass is 452 g/mol. The van der Waals surface area contributed by atoms with E-state index in [0.29, 0.717) is 36.7 Å². The first-order valence-corrected chi connectivity index (χ1v) is 11.7. The Morgan fingerprint density at radius 1 is 0.970 bits per heavy atom. The van der Waals surface area contributed by atoms with Crippen LogP contribution in [0.15, 0.2) is 30.3 Å². The highest BCUT2D eigenvalue weighted by atomic mass is 16.5. The number of unbranched alkanes of at least 4 members (excludes halogenated alkanes) is 1. The molecule has 1 saturated carbocycles. The van der Waals surface area contributed by atoms with Gasteiger partial charge >= 0.3 is 5.97 Å². The predicted octanol–water partition coefficient (Wildman–Crippen LogP) is 5.39. The molecule has 2 aromatic rings. The second-order valence-corrected chi connectivity index (χ2v) is 8.84. The van der Waals surface area contributed by atoms with Crippen molar-refractivity contribution in [3.63, 3.8) is 0 Å². The standard InChI is InChI=1S/C27H32O6/c1-4-5-16-32-26(29)27(14-7-15-27)17-33-24-21(11-13-23(30-2)25(24)31-3)18-8-6-9-20-19(18)10-12-22(20)28/h6,8-9,11,13H,4-5,7,10,12,14-17H2,1-3H3. The molecule has 176 valence electrons. The van der Waals surface area contributed by atoms with Crippen LogP contribution in [0.3, 0.4) is 0 Å². The number of carbonyl (C=O) groups is 2. The molecule has 6 nitrogen and oxygen atoms in total. The zero-order chi connectivity index (χ0) is 23.4. The van der Waals surface area contributed by atoms with Gasteiger partial charge in [-0.2, -0.15) is 0 Å². The second-order valence-electron chi connectivity index (χ2n) is 8.84. The van der Waals surface area contributed by atoms with Crippen LogP contribution >= 0.6 is 0 Å². The molecular weight excluding hydrogens is 420 g/mol. The average Bonchev–Trinajstić information content (AvgIpc) is 3.19. The lowest BCUT2D eigenvalue weighted by Crippen LogP contribution is -2.44. The lowest BCUT2D eigenvalue weighted by Gasteiger charge is -2.39. The molecule has 2 aliphatic carbocycles. The smallest absolute Gasteiger partial charge is 0.315 e. The molecule has 2 aliphatic rings. The molecule has 4 rings (SSSR count). The Labute approximate surface area is 195 Å². The highest BCUT2D eigenvalue weighted by molar-refractivity contribution is 6.02. The van der Waals surface area contributed by atoms with Crippen LogP contribution in [0.2, 0.25) is 0 Å². The van der Waals surface area contributed by atoms with Gasteiger partial charge in [0.1, 0.15) is 12.0 Å². The minimum atomic E-state index is -0.631. The first-order chi connectivity index (χ1) is 16.0. The molecule has 0 unspecified atom stereocenters. The van der Waals surface area contributed by atoms with Gasteiger partial charge in [-0.15, -0.1) is 0 Å². The summed E-state index contributed by atoms with van der Waals surface area (Å²) in [6, 6.07) is 9.56. The SMILES string of the molecule is CCCCOC(=O)C1(COc2c(-c3cccc4c3CCC4=O)ccc(OC)c2OC)CCC1. The Bertz CT molecular complexity index is 1040. The number of rotatable bonds is 10. The van der Waals surface area contributed by atoms with Crippen molar-refractivity contribution in [1.82, 2.24) is 0 Å². The maximum Gasteiger partial charge on any atom is 0.315 e. The summed E-state index contributed by atoms with van der Waals surface area (Å²) in [4.78, 5) is 25.2.